The second kappa shape index (κ2) is 9.00. The van der Waals surface area contributed by atoms with Gasteiger partial charge in [-0.05, 0) is 5.92 Å². The monoisotopic (exact) mass is 388 g/mol. The molecule has 5 N–H and O–H groups in total. The van der Waals surface area contributed by atoms with E-state index in [4.69, 9.17) is 21.1 Å². The Hall–Kier alpha value is -3.40. The molecule has 0 aliphatic rings. The van der Waals surface area contributed by atoms with Crippen LogP contribution >= 0.6 is 0 Å². The number of carbonyl (C=O) groups excluding carboxylic acids is 2. The fourth-order valence-electron chi connectivity index (χ4n) is 2.47. The van der Waals surface area contributed by atoms with Crippen molar-refractivity contribution in [2.45, 2.75) is 19.9 Å². The van der Waals surface area contributed by atoms with Gasteiger partial charge < -0.3 is 25.3 Å². The van der Waals surface area contributed by atoms with Gasteiger partial charge in [-0.1, -0.05) is 13.8 Å². The zero-order valence-electron chi connectivity index (χ0n) is 16.2. The number of anilines is 3. The van der Waals surface area contributed by atoms with E-state index in [2.05, 4.69) is 15.3 Å². The minimum absolute atomic E-state index is 0.0612. The molecule has 1 aromatic heterocycles. The molecule has 0 saturated carbocycles. The van der Waals surface area contributed by atoms with Crippen molar-refractivity contribution >= 4 is 29.6 Å². The molecule has 1 heterocycles. The summed E-state index contributed by atoms with van der Waals surface area (Å²) in [5.41, 5.74) is 6.04. The van der Waals surface area contributed by atoms with Gasteiger partial charge >= 0.3 is 0 Å². The molecule has 1 amide bonds. The molecule has 0 fully saturated rings. The quantitative estimate of drug-likeness (QED) is 0.328. The highest BCUT2D eigenvalue weighted by atomic mass is 16.5. The lowest BCUT2D eigenvalue weighted by Gasteiger charge is -2.26. The first kappa shape index (κ1) is 20.9. The van der Waals surface area contributed by atoms with E-state index >= 15 is 0 Å². The Morgan fingerprint density at radius 3 is 2.29 bits per heavy atom. The van der Waals surface area contributed by atoms with Crippen molar-refractivity contribution in [3.05, 3.63) is 30.0 Å². The van der Waals surface area contributed by atoms with Crippen LogP contribution in [0.3, 0.4) is 0 Å². The number of primary amides is 1. The zero-order chi connectivity index (χ0) is 20.8. The zero-order valence-corrected chi connectivity index (χ0v) is 16.2. The molecule has 0 bridgehead atoms. The Balaban J connectivity index is 2.47. The molecule has 1 unspecified atom stereocenters. The number of amides is 1. The third-order valence-electron chi connectivity index (χ3n) is 4.03. The first-order valence-corrected chi connectivity index (χ1v) is 8.46. The minimum Gasteiger partial charge on any atom is -0.497 e. The summed E-state index contributed by atoms with van der Waals surface area (Å²) in [6.07, 6.45) is 1.97. The topological polar surface area (TPSA) is 146 Å². The third-order valence-corrected chi connectivity index (χ3v) is 4.03. The maximum absolute atomic E-state index is 11.8. The number of hydrazine groups is 1. The molecule has 0 saturated heterocycles. The largest absolute Gasteiger partial charge is 0.497 e. The van der Waals surface area contributed by atoms with Gasteiger partial charge in [0.1, 0.15) is 35.2 Å². The van der Waals surface area contributed by atoms with Crippen LogP contribution in [0.1, 0.15) is 24.2 Å². The second-order valence-corrected chi connectivity index (χ2v) is 6.30. The van der Waals surface area contributed by atoms with Crippen molar-refractivity contribution in [2.75, 3.05) is 24.5 Å². The van der Waals surface area contributed by atoms with E-state index in [-0.39, 0.29) is 23.2 Å². The normalized spacial score (nSPS) is 11.6. The Morgan fingerprint density at radius 2 is 1.82 bits per heavy atom. The smallest absolute Gasteiger partial charge is 0.254 e. The molecule has 150 valence electrons. The number of aldehydes is 1. The standard InChI is InChI=1S/C18H24N6O4/c1-10(2)15(9-25)24(20)18-21-8-14(16(19)26)17(23-18)22-11-5-12(27-3)7-13(6-11)28-4/h5-10,15H,20H2,1-4H3,(H2,19,26)(H,21,22,23). The molecule has 1 atom stereocenters. The van der Waals surface area contributed by atoms with Crippen LogP contribution in [-0.4, -0.2) is 42.4 Å². The predicted molar refractivity (Wildman–Crippen MR) is 105 cm³/mol. The van der Waals surface area contributed by atoms with E-state index in [1.54, 1.807) is 18.2 Å². The highest BCUT2D eigenvalue weighted by Crippen LogP contribution is 2.29. The first-order valence-electron chi connectivity index (χ1n) is 8.46. The Morgan fingerprint density at radius 1 is 1.21 bits per heavy atom. The van der Waals surface area contributed by atoms with Crippen molar-refractivity contribution in [3.8, 4) is 11.5 Å². The van der Waals surface area contributed by atoms with Gasteiger partial charge in [0.25, 0.3) is 5.91 Å². The Bertz CT molecular complexity index is 836. The Kier molecular flexibility index (Phi) is 6.72. The summed E-state index contributed by atoms with van der Waals surface area (Å²) in [6, 6.07) is 4.45. The summed E-state index contributed by atoms with van der Waals surface area (Å²) in [5, 5.41) is 4.15. The van der Waals surface area contributed by atoms with E-state index in [1.807, 2.05) is 13.8 Å². The van der Waals surface area contributed by atoms with Crippen LogP contribution in [0, 0.1) is 5.92 Å². The van der Waals surface area contributed by atoms with Crippen LogP contribution < -0.4 is 31.4 Å². The van der Waals surface area contributed by atoms with Crippen LogP contribution in [0.4, 0.5) is 17.5 Å². The number of carbonyl (C=O) groups is 2. The van der Waals surface area contributed by atoms with Crippen LogP contribution in [-0.2, 0) is 4.79 Å². The number of rotatable bonds is 9. The Labute approximate surface area is 162 Å². The number of nitrogens with two attached hydrogens (primary N) is 2. The fourth-order valence-corrected chi connectivity index (χ4v) is 2.47. The van der Waals surface area contributed by atoms with Crippen LogP contribution in [0.5, 0.6) is 11.5 Å². The van der Waals surface area contributed by atoms with Crippen molar-refractivity contribution in [2.24, 2.45) is 17.5 Å². The highest BCUT2D eigenvalue weighted by Gasteiger charge is 2.23. The summed E-state index contributed by atoms with van der Waals surface area (Å²) in [4.78, 5) is 31.5. The number of methoxy groups -OCH3 is 2. The van der Waals surface area contributed by atoms with E-state index in [0.717, 1.165) is 11.3 Å². The number of aromatic nitrogens is 2. The summed E-state index contributed by atoms with van der Waals surface area (Å²) >= 11 is 0. The fraction of sp³-hybridized carbons (Fsp3) is 0.333. The summed E-state index contributed by atoms with van der Waals surface area (Å²) < 4.78 is 10.5. The maximum atomic E-state index is 11.8. The summed E-state index contributed by atoms with van der Waals surface area (Å²) in [7, 11) is 3.04. The highest BCUT2D eigenvalue weighted by molar-refractivity contribution is 5.98. The number of hydrogen-bond donors (Lipinski definition) is 3. The molecule has 28 heavy (non-hydrogen) atoms. The van der Waals surface area contributed by atoms with Gasteiger partial charge in [0.15, 0.2) is 0 Å². The van der Waals surface area contributed by atoms with Crippen molar-refractivity contribution in [3.63, 3.8) is 0 Å². The summed E-state index contributed by atoms with van der Waals surface area (Å²) in [6.45, 7) is 3.69. The molecule has 2 rings (SSSR count). The lowest BCUT2D eigenvalue weighted by molar-refractivity contribution is -0.109. The van der Waals surface area contributed by atoms with Crippen molar-refractivity contribution < 1.29 is 19.1 Å². The molecule has 1 aromatic carbocycles. The first-order chi connectivity index (χ1) is 13.3. The molecular weight excluding hydrogens is 364 g/mol. The average molecular weight is 388 g/mol. The van der Waals surface area contributed by atoms with E-state index < -0.39 is 11.9 Å². The number of hydrogen-bond acceptors (Lipinski definition) is 9. The van der Waals surface area contributed by atoms with Gasteiger partial charge in [0, 0.05) is 30.1 Å². The van der Waals surface area contributed by atoms with Crippen molar-refractivity contribution in [1.82, 2.24) is 9.97 Å². The molecule has 10 nitrogen and oxygen atoms in total. The number of benzene rings is 1. The lowest BCUT2D eigenvalue weighted by atomic mass is 10.1. The molecule has 10 heteroatoms. The maximum Gasteiger partial charge on any atom is 0.254 e. The number of nitrogens with zero attached hydrogens (tertiary/aromatic N) is 3. The average Bonchev–Trinajstić information content (AvgIpc) is 2.67. The number of nitrogens with one attached hydrogen (secondary N) is 1. The number of ether oxygens (including phenoxy) is 2. The molecule has 0 aliphatic heterocycles. The molecule has 2 aromatic rings. The van der Waals surface area contributed by atoms with E-state index in [1.165, 1.54) is 20.4 Å². The molecular formula is C18H24N6O4. The summed E-state index contributed by atoms with van der Waals surface area (Å²) in [5.74, 6) is 6.51. The van der Waals surface area contributed by atoms with Crippen LogP contribution in [0.15, 0.2) is 24.4 Å². The molecule has 0 radical (unpaired) electrons. The van der Waals surface area contributed by atoms with E-state index in [9.17, 15) is 9.59 Å². The SMILES string of the molecule is COc1cc(Nc2nc(N(N)C(C=O)C(C)C)ncc2C(N)=O)cc(OC)c1. The van der Waals surface area contributed by atoms with Gasteiger partial charge in [-0.15, -0.1) is 0 Å². The minimum atomic E-state index is -0.719. The lowest BCUT2D eigenvalue weighted by Crippen LogP contribution is -2.46. The molecule has 0 aliphatic carbocycles. The van der Waals surface area contributed by atoms with Crippen molar-refractivity contribution in [1.29, 1.82) is 0 Å². The second-order valence-electron chi connectivity index (χ2n) is 6.30. The van der Waals surface area contributed by atoms with Gasteiger partial charge in [-0.25, -0.2) is 10.8 Å². The van der Waals surface area contributed by atoms with Gasteiger partial charge in [-0.2, -0.15) is 4.98 Å². The van der Waals surface area contributed by atoms with E-state index in [0.29, 0.717) is 17.2 Å². The van der Waals surface area contributed by atoms with Crippen LogP contribution in [0.25, 0.3) is 0 Å². The van der Waals surface area contributed by atoms with Gasteiger partial charge in [0.2, 0.25) is 5.95 Å². The van der Waals surface area contributed by atoms with Crippen LogP contribution in [0.2, 0.25) is 0 Å². The predicted octanol–water partition coefficient (Wildman–Crippen LogP) is 1.24. The molecule has 0 spiro atoms. The third kappa shape index (κ3) is 4.65. The van der Waals surface area contributed by atoms with Gasteiger partial charge in [-0.3, -0.25) is 9.80 Å². The van der Waals surface area contributed by atoms with Gasteiger partial charge in [0.05, 0.1) is 14.2 Å².